The van der Waals surface area contributed by atoms with Crippen LogP contribution in [0.2, 0.25) is 0 Å². The molecule has 0 aromatic carbocycles. The van der Waals surface area contributed by atoms with Crippen molar-refractivity contribution in [1.29, 1.82) is 0 Å². The van der Waals surface area contributed by atoms with Crippen molar-refractivity contribution in [3.8, 4) is 0 Å². The van der Waals surface area contributed by atoms with Gasteiger partial charge < -0.3 is 28.8 Å². The van der Waals surface area contributed by atoms with E-state index in [1.165, 1.54) is 64.2 Å². The van der Waals surface area contributed by atoms with Crippen molar-refractivity contribution in [1.82, 2.24) is 0 Å². The largest absolute Gasteiger partial charge is 0.459 e. The number of fused-ring (bicyclic) bond motifs is 1. The Kier molecular flexibility index (Phi) is 17.1. The van der Waals surface area contributed by atoms with E-state index in [0.717, 1.165) is 101 Å². The quantitative estimate of drug-likeness (QED) is 0.131. The number of esters is 5. The van der Waals surface area contributed by atoms with Crippen molar-refractivity contribution in [2.24, 2.45) is 74.4 Å². The highest BCUT2D eigenvalue weighted by atomic mass is 16.6. The van der Waals surface area contributed by atoms with Crippen molar-refractivity contribution >= 4 is 29.8 Å². The fourth-order valence-electron chi connectivity index (χ4n) is 15.9. The molecule has 12 rings (SSSR count). The van der Waals surface area contributed by atoms with Crippen LogP contribution in [0.15, 0.2) is 0 Å². The van der Waals surface area contributed by atoms with E-state index in [4.69, 9.17) is 23.7 Å². The van der Waals surface area contributed by atoms with Gasteiger partial charge in [0.25, 0.3) is 0 Å². The molecule has 1 saturated heterocycles. The molecule has 0 aromatic heterocycles. The lowest BCUT2D eigenvalue weighted by Gasteiger charge is -2.61. The Bertz CT molecular complexity index is 1990. The van der Waals surface area contributed by atoms with Crippen LogP contribution >= 0.6 is 0 Å². The van der Waals surface area contributed by atoms with E-state index in [-0.39, 0.29) is 81.0 Å². The lowest BCUT2D eigenvalue weighted by atomic mass is 9.46. The Labute approximate surface area is 447 Å². The molecule has 74 heavy (non-hydrogen) atoms. The van der Waals surface area contributed by atoms with Gasteiger partial charge in [-0.2, -0.15) is 0 Å². The van der Waals surface area contributed by atoms with E-state index in [1.807, 2.05) is 76.2 Å². The highest BCUT2D eigenvalue weighted by molar-refractivity contribution is 5.79. The highest BCUT2D eigenvalue weighted by Crippen LogP contribution is 2.65. The van der Waals surface area contributed by atoms with E-state index in [2.05, 4.69) is 27.7 Å². The summed E-state index contributed by atoms with van der Waals surface area (Å²) < 4.78 is 29.0. The monoisotopic (exact) mass is 1040 g/mol. The van der Waals surface area contributed by atoms with Crippen LogP contribution < -0.4 is 0 Å². The van der Waals surface area contributed by atoms with E-state index >= 15 is 0 Å². The van der Waals surface area contributed by atoms with Gasteiger partial charge in [-0.15, -0.1) is 0 Å². The van der Waals surface area contributed by atoms with Gasteiger partial charge in [-0.1, -0.05) is 41.0 Å². The van der Waals surface area contributed by atoms with Crippen molar-refractivity contribution in [2.45, 2.75) is 293 Å². The predicted molar refractivity (Wildman–Crippen MR) is 287 cm³/mol. The molecule has 7 unspecified atom stereocenters. The Hall–Kier alpha value is -2.69. The van der Waals surface area contributed by atoms with Gasteiger partial charge in [0.05, 0.1) is 33.2 Å². The molecule has 11 saturated carbocycles. The first-order valence-corrected chi connectivity index (χ1v) is 30.2. The summed E-state index contributed by atoms with van der Waals surface area (Å²) in [6, 6.07) is 0. The number of rotatable bonds is 14. The van der Waals surface area contributed by atoms with E-state index in [9.17, 15) is 29.1 Å². The Morgan fingerprint density at radius 1 is 0.568 bits per heavy atom. The second-order valence-electron chi connectivity index (χ2n) is 29.6. The molecular formula is C63H104O11. The summed E-state index contributed by atoms with van der Waals surface area (Å²) in [5, 5.41) is 10.6. The number of carbonyl (C=O) groups excluding carboxylic acids is 5. The van der Waals surface area contributed by atoms with Crippen LogP contribution in [0.1, 0.15) is 258 Å². The first-order valence-electron chi connectivity index (χ1n) is 30.2. The van der Waals surface area contributed by atoms with Crippen molar-refractivity contribution in [2.75, 3.05) is 0 Å². The molecule has 0 spiro atoms. The third kappa shape index (κ3) is 12.1. The average molecular weight is 1040 g/mol. The van der Waals surface area contributed by atoms with Gasteiger partial charge in [0, 0.05) is 23.7 Å². The van der Waals surface area contributed by atoms with Gasteiger partial charge >= 0.3 is 29.8 Å². The van der Waals surface area contributed by atoms with Crippen LogP contribution in [-0.2, 0) is 47.7 Å². The van der Waals surface area contributed by atoms with Crippen LogP contribution in [0, 0.1) is 74.4 Å². The average Bonchev–Trinajstić information content (AvgIpc) is 3.96. The van der Waals surface area contributed by atoms with Crippen LogP contribution in [-0.4, -0.2) is 69.6 Å². The molecule has 0 aromatic rings. The molecule has 1 heterocycles. The van der Waals surface area contributed by atoms with Crippen molar-refractivity contribution < 1.29 is 52.8 Å². The van der Waals surface area contributed by atoms with Gasteiger partial charge in [-0.05, 0) is 240 Å². The normalized spacial score (nSPS) is 36.8. The number of aliphatic hydroxyl groups is 1. The van der Waals surface area contributed by atoms with Gasteiger partial charge in [-0.3, -0.25) is 24.0 Å². The van der Waals surface area contributed by atoms with Gasteiger partial charge in [0.1, 0.15) is 29.0 Å². The first-order chi connectivity index (χ1) is 34.3. The SMILES string of the molecule is CCC(C)(C)C(=O)OC(C)(C)C12CC3CC(CC(C3)C1)C2.CCC(C)(C)C(=O)OC12CC3CC(CC(O)(C3)C1)C2.CCC(C)(C)C(=O)OC1C2CC3C(=O)OC1C3C2.CCC1(OC(=O)C(C)(C)CC)CCCCC1. The molecule has 1 N–H and O–H groups in total. The third-order valence-electron chi connectivity index (χ3n) is 22.1. The highest BCUT2D eigenvalue weighted by Gasteiger charge is 2.64. The predicted octanol–water partition coefficient (Wildman–Crippen LogP) is 14.0. The molecule has 12 aliphatic rings. The van der Waals surface area contributed by atoms with Gasteiger partial charge in [-0.25, -0.2) is 0 Å². The molecule has 11 nitrogen and oxygen atoms in total. The Morgan fingerprint density at radius 3 is 1.50 bits per heavy atom. The van der Waals surface area contributed by atoms with Crippen molar-refractivity contribution in [3.05, 3.63) is 0 Å². The van der Waals surface area contributed by atoms with Crippen LogP contribution in [0.25, 0.3) is 0 Å². The molecular weight excluding hydrogens is 933 g/mol. The minimum Gasteiger partial charge on any atom is -0.459 e. The Balaban J connectivity index is 0.000000145. The van der Waals surface area contributed by atoms with Crippen LogP contribution in [0.4, 0.5) is 0 Å². The number of hydrogen-bond acceptors (Lipinski definition) is 11. The molecule has 12 fully saturated rings. The molecule has 11 heteroatoms. The number of carbonyl (C=O) groups is 5. The standard InChI is InChI=1S/C19H32O2.C16H26O3.C14H20O4.C14H26O2/c1-6-17(2,3)16(20)21-18(4,5)19-10-13-7-14(11-19)9-15(8-13)12-19;1-4-14(2,3)13(17)19-16-8-11-5-12(9-16)7-15(18,6-11)10-16;1-4-14(2,3)13(16)18-10-7-5-8-9(6-7)12(15)17-11(8)10;1-5-13(3,4)12(15)16-14(6-2)10-8-7-9-11-14/h13-15H,6-12H2,1-5H3;11-12,18H,4-10H2,1-3H3;7-11H,4-6H2,1-3H3;5-11H2,1-4H3. The second kappa shape index (κ2) is 21.5. The van der Waals surface area contributed by atoms with E-state index < -0.39 is 16.4 Å². The lowest BCUT2D eigenvalue weighted by molar-refractivity contribution is -0.225. The molecule has 7 atom stereocenters. The van der Waals surface area contributed by atoms with E-state index in [0.29, 0.717) is 30.1 Å². The first kappa shape index (κ1) is 59.0. The zero-order valence-electron chi connectivity index (χ0n) is 49.3. The Morgan fingerprint density at radius 2 is 1.03 bits per heavy atom. The molecule has 11 aliphatic carbocycles. The summed E-state index contributed by atoms with van der Waals surface area (Å²) in [6.45, 7) is 30.3. The summed E-state index contributed by atoms with van der Waals surface area (Å²) in [7, 11) is 0. The minimum atomic E-state index is -0.555. The molecule has 0 amide bonds. The van der Waals surface area contributed by atoms with Crippen LogP contribution in [0.5, 0.6) is 0 Å². The number of ether oxygens (including phenoxy) is 5. The van der Waals surface area contributed by atoms with Crippen molar-refractivity contribution in [3.63, 3.8) is 0 Å². The van der Waals surface area contributed by atoms with Gasteiger partial charge in [0.15, 0.2) is 0 Å². The molecule has 0 radical (unpaired) electrons. The fraction of sp³-hybridized carbons (Fsp3) is 0.921. The summed E-state index contributed by atoms with van der Waals surface area (Å²) in [5.41, 5.74) is -2.69. The maximum absolute atomic E-state index is 12.6. The zero-order valence-corrected chi connectivity index (χ0v) is 49.3. The lowest BCUT2D eigenvalue weighted by Crippen LogP contribution is -2.61. The van der Waals surface area contributed by atoms with Crippen LogP contribution in [0.3, 0.4) is 0 Å². The summed E-state index contributed by atoms with van der Waals surface area (Å²) in [4.78, 5) is 60.8. The summed E-state index contributed by atoms with van der Waals surface area (Å²) in [6.07, 6.45) is 25.2. The topological polar surface area (TPSA) is 152 Å². The molecule has 10 bridgehead atoms. The maximum Gasteiger partial charge on any atom is 0.312 e. The summed E-state index contributed by atoms with van der Waals surface area (Å²) >= 11 is 0. The fourth-order valence-corrected chi connectivity index (χ4v) is 15.9. The summed E-state index contributed by atoms with van der Waals surface area (Å²) in [5.74, 6) is 4.16. The smallest absolute Gasteiger partial charge is 0.312 e. The molecule has 1 aliphatic heterocycles. The minimum absolute atomic E-state index is 0.00857. The maximum atomic E-state index is 12.6. The zero-order chi connectivity index (χ0) is 54.7. The number of hydrogen-bond donors (Lipinski definition) is 1. The van der Waals surface area contributed by atoms with E-state index in [1.54, 1.807) is 0 Å². The molecule has 422 valence electrons. The third-order valence-corrected chi connectivity index (χ3v) is 22.1. The van der Waals surface area contributed by atoms with Gasteiger partial charge in [0.2, 0.25) is 0 Å². The second-order valence-corrected chi connectivity index (χ2v) is 29.6.